The molecule has 0 aromatic rings. The van der Waals surface area contributed by atoms with E-state index in [1.165, 1.54) is 26.0 Å². The number of hydrogen-bond acceptors (Lipinski definition) is 3. The van der Waals surface area contributed by atoms with Gasteiger partial charge in [-0.25, -0.2) is 0 Å². The van der Waals surface area contributed by atoms with Crippen molar-refractivity contribution in [2.75, 3.05) is 7.11 Å². The molecular formula is C25H32ClF3O3. The Morgan fingerprint density at radius 3 is 2.53 bits per heavy atom. The van der Waals surface area contributed by atoms with Gasteiger partial charge in [0, 0.05) is 19.3 Å². The minimum absolute atomic E-state index is 0.0495. The molecule has 0 fully saturated rings. The van der Waals surface area contributed by atoms with E-state index in [-0.39, 0.29) is 11.5 Å². The van der Waals surface area contributed by atoms with Crippen LogP contribution >= 0.6 is 11.6 Å². The van der Waals surface area contributed by atoms with E-state index in [0.717, 1.165) is 17.8 Å². The second-order valence-electron chi connectivity index (χ2n) is 7.61. The van der Waals surface area contributed by atoms with E-state index in [9.17, 15) is 18.0 Å². The van der Waals surface area contributed by atoms with Crippen LogP contribution in [-0.2, 0) is 14.3 Å². The van der Waals surface area contributed by atoms with Gasteiger partial charge in [-0.2, -0.15) is 13.2 Å². The molecule has 0 saturated carbocycles. The summed E-state index contributed by atoms with van der Waals surface area (Å²) in [4.78, 5) is 10.2. The molecule has 32 heavy (non-hydrogen) atoms. The van der Waals surface area contributed by atoms with Crippen LogP contribution < -0.4 is 0 Å². The highest BCUT2D eigenvalue weighted by molar-refractivity contribution is 6.27. The Hall–Kier alpha value is -2.21. The Bertz CT molecular complexity index is 828. The highest BCUT2D eigenvalue weighted by Crippen LogP contribution is 2.35. The fraction of sp³-hybridized carbons (Fsp3) is 0.480. The quantitative estimate of drug-likeness (QED) is 0.157. The monoisotopic (exact) mass is 472 g/mol. The first-order valence-electron chi connectivity index (χ1n) is 10.5. The number of rotatable bonds is 8. The number of halogens is 4. The van der Waals surface area contributed by atoms with Crippen molar-refractivity contribution < 1.29 is 27.4 Å². The largest absolute Gasteiger partial charge is 0.500 e. The Kier molecular flexibility index (Phi) is 11.1. The third-order valence-electron chi connectivity index (χ3n) is 4.99. The van der Waals surface area contributed by atoms with Gasteiger partial charge in [-0.05, 0) is 43.9 Å². The minimum Gasteiger partial charge on any atom is -0.500 e. The van der Waals surface area contributed by atoms with Crippen molar-refractivity contribution >= 4 is 17.6 Å². The molecule has 1 aliphatic rings. The smallest absolute Gasteiger partial charge is 0.392 e. The Labute approximate surface area is 194 Å². The van der Waals surface area contributed by atoms with Crippen molar-refractivity contribution in [3.05, 3.63) is 71.3 Å². The van der Waals surface area contributed by atoms with Crippen LogP contribution in [0, 0.1) is 5.92 Å². The van der Waals surface area contributed by atoms with E-state index in [0.29, 0.717) is 18.6 Å². The van der Waals surface area contributed by atoms with Gasteiger partial charge in [-0.15, -0.1) is 11.6 Å². The van der Waals surface area contributed by atoms with Gasteiger partial charge in [0.2, 0.25) is 0 Å². The van der Waals surface area contributed by atoms with Gasteiger partial charge in [0.15, 0.2) is 0 Å². The molecule has 0 aliphatic heterocycles. The highest BCUT2D eigenvalue weighted by Gasteiger charge is 2.34. The van der Waals surface area contributed by atoms with Gasteiger partial charge >= 0.3 is 12.1 Å². The lowest BCUT2D eigenvalue weighted by molar-refractivity contribution is -0.137. The first-order valence-corrected chi connectivity index (χ1v) is 10.9. The zero-order valence-electron chi connectivity index (χ0n) is 19.3. The molecule has 0 radical (unpaired) electrons. The third-order valence-corrected chi connectivity index (χ3v) is 5.36. The van der Waals surface area contributed by atoms with Crippen LogP contribution in [0.25, 0.3) is 0 Å². The molecule has 0 bridgehead atoms. The summed E-state index contributed by atoms with van der Waals surface area (Å²) in [6.07, 6.45) is 10.3. The number of carbonyl (C=O) groups excluding carboxylic acids is 1. The molecule has 1 rings (SSSR count). The number of esters is 1. The molecule has 0 saturated heterocycles. The highest BCUT2D eigenvalue weighted by atomic mass is 35.5. The zero-order chi connectivity index (χ0) is 24.4. The fourth-order valence-electron chi connectivity index (χ4n) is 3.41. The van der Waals surface area contributed by atoms with Crippen molar-refractivity contribution in [1.82, 2.24) is 0 Å². The van der Waals surface area contributed by atoms with Crippen molar-refractivity contribution in [2.24, 2.45) is 5.92 Å². The Morgan fingerprint density at radius 2 is 2.00 bits per heavy atom. The lowest BCUT2D eigenvalue weighted by atomic mass is 9.95. The van der Waals surface area contributed by atoms with Crippen LogP contribution in [0.4, 0.5) is 13.2 Å². The molecule has 0 aromatic heterocycles. The van der Waals surface area contributed by atoms with E-state index in [1.807, 2.05) is 19.1 Å². The molecule has 0 N–H and O–H groups in total. The maximum absolute atomic E-state index is 12.8. The predicted molar refractivity (Wildman–Crippen MR) is 123 cm³/mol. The summed E-state index contributed by atoms with van der Waals surface area (Å²) in [5.74, 6) is 0.900. The average molecular weight is 473 g/mol. The first kappa shape index (κ1) is 27.8. The summed E-state index contributed by atoms with van der Waals surface area (Å²) in [5.41, 5.74) is 0.882. The summed E-state index contributed by atoms with van der Waals surface area (Å²) >= 11 is 6.38. The van der Waals surface area contributed by atoms with Gasteiger partial charge in [0.1, 0.15) is 11.5 Å². The summed E-state index contributed by atoms with van der Waals surface area (Å²) in [7, 11) is 1.59. The molecule has 2 unspecified atom stereocenters. The molecule has 2 atom stereocenters. The molecule has 0 amide bonds. The number of ether oxygens (including phenoxy) is 2. The van der Waals surface area contributed by atoms with Gasteiger partial charge in [-0.1, -0.05) is 49.5 Å². The topological polar surface area (TPSA) is 35.5 Å². The molecule has 0 spiro atoms. The summed E-state index contributed by atoms with van der Waals surface area (Å²) in [6.45, 7) is 6.46. The number of methoxy groups -OCH3 is 1. The fourth-order valence-corrected chi connectivity index (χ4v) is 3.66. The molecule has 0 heterocycles. The van der Waals surface area contributed by atoms with E-state index >= 15 is 0 Å². The second kappa shape index (κ2) is 12.7. The number of allylic oxidation sites excluding steroid dienone is 10. The SMILES string of the molecule is C/C=C(/CC(F)(F)F)C(C)(Cl)\C=C/C=C/C1=C(\OC)C(CC)/C=C\C/C=C(/OC(C)=O)C1. The van der Waals surface area contributed by atoms with Crippen molar-refractivity contribution in [1.29, 1.82) is 0 Å². The third kappa shape index (κ3) is 9.51. The maximum Gasteiger partial charge on any atom is 0.392 e. The van der Waals surface area contributed by atoms with E-state index in [1.54, 1.807) is 32.3 Å². The molecule has 0 aromatic carbocycles. The molecule has 1 aliphatic carbocycles. The van der Waals surface area contributed by atoms with Crippen LogP contribution in [-0.4, -0.2) is 24.1 Å². The maximum atomic E-state index is 12.8. The first-order chi connectivity index (χ1) is 14.9. The second-order valence-corrected chi connectivity index (χ2v) is 8.40. The summed E-state index contributed by atoms with van der Waals surface area (Å²) in [6, 6.07) is 0. The van der Waals surface area contributed by atoms with Crippen LogP contribution in [0.1, 0.15) is 53.4 Å². The summed E-state index contributed by atoms with van der Waals surface area (Å²) in [5, 5.41) is 0. The molecule has 3 nitrogen and oxygen atoms in total. The van der Waals surface area contributed by atoms with Crippen LogP contribution in [0.2, 0.25) is 0 Å². The standard InChI is InChI=1S/C25H32ClF3O3/c1-6-19-12-8-9-14-22(32-18(3)30)16-20(23(19)31-5)13-10-11-15-24(4,26)21(7-2)17-25(27,28)29/h7-8,10-15,19H,6,9,16-17H2,1-5H3/b12-8-,13-10+,15-11-,21-7-,22-14+,23-20+. The Balaban J connectivity index is 3.23. The minimum atomic E-state index is -4.33. The molecule has 7 heteroatoms. The van der Waals surface area contributed by atoms with Crippen molar-refractivity contribution in [3.8, 4) is 0 Å². The van der Waals surface area contributed by atoms with Gasteiger partial charge < -0.3 is 9.47 Å². The van der Waals surface area contributed by atoms with E-state index in [4.69, 9.17) is 21.1 Å². The van der Waals surface area contributed by atoms with Crippen molar-refractivity contribution in [2.45, 2.75) is 64.4 Å². The van der Waals surface area contributed by atoms with Crippen LogP contribution in [0.3, 0.4) is 0 Å². The number of carbonyl (C=O) groups is 1. The van der Waals surface area contributed by atoms with Gasteiger partial charge in [0.05, 0.1) is 18.4 Å². The van der Waals surface area contributed by atoms with Crippen molar-refractivity contribution in [3.63, 3.8) is 0 Å². The van der Waals surface area contributed by atoms with Gasteiger partial charge in [-0.3, -0.25) is 4.79 Å². The average Bonchev–Trinajstić information content (AvgIpc) is 2.76. The van der Waals surface area contributed by atoms with E-state index in [2.05, 4.69) is 6.08 Å². The number of hydrogen-bond donors (Lipinski definition) is 0. The normalized spacial score (nSPS) is 25.5. The van der Waals surface area contributed by atoms with Crippen LogP contribution in [0.15, 0.2) is 71.3 Å². The van der Waals surface area contributed by atoms with E-state index < -0.39 is 23.4 Å². The molecule has 178 valence electrons. The summed E-state index contributed by atoms with van der Waals surface area (Å²) < 4.78 is 49.5. The Morgan fingerprint density at radius 1 is 1.31 bits per heavy atom. The lowest BCUT2D eigenvalue weighted by Gasteiger charge is -2.23. The molecular weight excluding hydrogens is 441 g/mol. The number of alkyl halides is 4. The predicted octanol–water partition coefficient (Wildman–Crippen LogP) is 7.72. The zero-order valence-corrected chi connectivity index (χ0v) is 20.0. The lowest BCUT2D eigenvalue weighted by Crippen LogP contribution is -2.22. The van der Waals surface area contributed by atoms with Gasteiger partial charge in [0.25, 0.3) is 0 Å². The van der Waals surface area contributed by atoms with Crippen LogP contribution in [0.5, 0.6) is 0 Å².